The van der Waals surface area contributed by atoms with Gasteiger partial charge in [-0.05, 0) is 37.1 Å². The number of carbonyl (C=O) groups is 3. The second kappa shape index (κ2) is 7.87. The highest BCUT2D eigenvalue weighted by Gasteiger charge is 2.37. The Kier molecular flexibility index (Phi) is 5.58. The van der Waals surface area contributed by atoms with Crippen LogP contribution in [0, 0.1) is 0 Å². The van der Waals surface area contributed by atoms with E-state index in [1.54, 1.807) is 29.2 Å². The molecular weight excluding hydrogens is 342 g/mol. The highest BCUT2D eigenvalue weighted by Crippen LogP contribution is 2.24. The molecule has 1 saturated heterocycles. The molecule has 0 unspecified atom stereocenters. The third-order valence-corrected chi connectivity index (χ3v) is 5.07. The first-order valence-electron chi connectivity index (χ1n) is 8.70. The number of halogens is 1. The normalized spacial score (nSPS) is 19.2. The molecule has 1 aliphatic carbocycles. The van der Waals surface area contributed by atoms with E-state index >= 15 is 0 Å². The summed E-state index contributed by atoms with van der Waals surface area (Å²) in [5, 5.41) is 3.29. The summed E-state index contributed by atoms with van der Waals surface area (Å²) in [6, 6.07) is 6.90. The number of nitrogens with one attached hydrogen (secondary N) is 1. The second-order valence-corrected chi connectivity index (χ2v) is 7.01. The van der Waals surface area contributed by atoms with Gasteiger partial charge in [0.15, 0.2) is 0 Å². The number of nitrogens with zero attached hydrogens (tertiary/aromatic N) is 2. The van der Waals surface area contributed by atoms with Crippen molar-refractivity contribution in [3.63, 3.8) is 0 Å². The lowest BCUT2D eigenvalue weighted by molar-refractivity contribution is -0.158. The van der Waals surface area contributed by atoms with Gasteiger partial charge in [-0.3, -0.25) is 14.4 Å². The van der Waals surface area contributed by atoms with Crippen LogP contribution in [0.1, 0.15) is 32.1 Å². The van der Waals surface area contributed by atoms with Gasteiger partial charge >= 0.3 is 11.8 Å². The van der Waals surface area contributed by atoms with Gasteiger partial charge in [-0.15, -0.1) is 0 Å². The van der Waals surface area contributed by atoms with Crippen LogP contribution in [0.15, 0.2) is 24.3 Å². The zero-order chi connectivity index (χ0) is 17.8. The maximum absolute atomic E-state index is 12.4. The van der Waals surface area contributed by atoms with Crippen molar-refractivity contribution in [1.29, 1.82) is 0 Å². The minimum atomic E-state index is -0.580. The lowest BCUT2D eigenvalue weighted by atomic mass is 9.93. The number of anilines is 1. The van der Waals surface area contributed by atoms with Crippen molar-refractivity contribution in [3.8, 4) is 0 Å². The van der Waals surface area contributed by atoms with E-state index in [9.17, 15) is 14.4 Å². The molecule has 7 heteroatoms. The predicted octanol–water partition coefficient (Wildman–Crippen LogP) is 2.28. The maximum atomic E-state index is 12.4. The van der Waals surface area contributed by atoms with Gasteiger partial charge < -0.3 is 15.1 Å². The zero-order valence-corrected chi connectivity index (χ0v) is 14.8. The number of carbonyl (C=O) groups excluding carboxylic acids is 3. The fourth-order valence-electron chi connectivity index (χ4n) is 3.49. The second-order valence-electron chi connectivity index (χ2n) is 6.57. The third-order valence-electron chi connectivity index (χ3n) is 4.82. The Balaban J connectivity index is 1.55. The van der Waals surface area contributed by atoms with Crippen LogP contribution in [0.3, 0.4) is 0 Å². The molecule has 1 aliphatic heterocycles. The number of piperazine rings is 1. The molecule has 1 aromatic carbocycles. The van der Waals surface area contributed by atoms with Crippen LogP contribution in [0.4, 0.5) is 5.69 Å². The standard InChI is InChI=1S/C18H22ClN3O3/c19-13-6-8-14(9-7-13)20-16(23)12-21-10-11-22(18(25)17(21)24)15-4-2-1-3-5-15/h6-9,15H,1-5,10-12H2,(H,20,23). The summed E-state index contributed by atoms with van der Waals surface area (Å²) in [6.07, 6.45) is 5.35. The number of rotatable bonds is 4. The van der Waals surface area contributed by atoms with Gasteiger partial charge in [0.25, 0.3) is 0 Å². The molecule has 1 saturated carbocycles. The van der Waals surface area contributed by atoms with E-state index in [0.29, 0.717) is 23.8 Å². The van der Waals surface area contributed by atoms with Crippen molar-refractivity contribution in [2.75, 3.05) is 25.0 Å². The first kappa shape index (κ1) is 17.7. The molecular formula is C18H22ClN3O3. The molecule has 2 fully saturated rings. The molecule has 6 nitrogen and oxygen atoms in total. The molecule has 0 bridgehead atoms. The van der Waals surface area contributed by atoms with Crippen LogP contribution < -0.4 is 5.32 Å². The van der Waals surface area contributed by atoms with Gasteiger partial charge in [-0.2, -0.15) is 0 Å². The fraction of sp³-hybridized carbons (Fsp3) is 0.500. The van der Waals surface area contributed by atoms with E-state index in [1.807, 2.05) is 0 Å². The van der Waals surface area contributed by atoms with Crippen molar-refractivity contribution < 1.29 is 14.4 Å². The minimum absolute atomic E-state index is 0.119. The molecule has 0 spiro atoms. The van der Waals surface area contributed by atoms with Crippen molar-refractivity contribution in [2.24, 2.45) is 0 Å². The highest BCUT2D eigenvalue weighted by molar-refractivity contribution is 6.35. The van der Waals surface area contributed by atoms with Crippen LogP contribution >= 0.6 is 11.6 Å². The molecule has 2 aliphatic rings. The Morgan fingerprint density at radius 1 is 1.04 bits per heavy atom. The van der Waals surface area contributed by atoms with Gasteiger partial charge in [0.05, 0.1) is 0 Å². The summed E-state index contributed by atoms with van der Waals surface area (Å²) < 4.78 is 0. The van der Waals surface area contributed by atoms with Crippen molar-refractivity contribution in [1.82, 2.24) is 9.80 Å². The first-order valence-corrected chi connectivity index (χ1v) is 9.07. The van der Waals surface area contributed by atoms with Crippen molar-refractivity contribution in [3.05, 3.63) is 29.3 Å². The Morgan fingerprint density at radius 2 is 1.72 bits per heavy atom. The minimum Gasteiger partial charge on any atom is -0.330 e. The van der Waals surface area contributed by atoms with Crippen molar-refractivity contribution in [2.45, 2.75) is 38.1 Å². The van der Waals surface area contributed by atoms with E-state index in [0.717, 1.165) is 25.7 Å². The molecule has 3 amide bonds. The largest absolute Gasteiger partial charge is 0.330 e. The smallest absolute Gasteiger partial charge is 0.312 e. The highest BCUT2D eigenvalue weighted by atomic mass is 35.5. The van der Waals surface area contributed by atoms with E-state index in [1.165, 1.54) is 11.3 Å². The van der Waals surface area contributed by atoms with Gasteiger partial charge in [0.1, 0.15) is 6.54 Å². The monoisotopic (exact) mass is 363 g/mol. The summed E-state index contributed by atoms with van der Waals surface area (Å²) in [5.41, 5.74) is 0.606. The molecule has 25 heavy (non-hydrogen) atoms. The summed E-state index contributed by atoms with van der Waals surface area (Å²) in [4.78, 5) is 39.9. The Morgan fingerprint density at radius 3 is 2.40 bits per heavy atom. The van der Waals surface area contributed by atoms with Crippen LogP contribution in [-0.2, 0) is 14.4 Å². The van der Waals surface area contributed by atoms with Crippen LogP contribution in [0.5, 0.6) is 0 Å². The van der Waals surface area contributed by atoms with Gasteiger partial charge in [-0.25, -0.2) is 0 Å². The fourth-order valence-corrected chi connectivity index (χ4v) is 3.61. The average Bonchev–Trinajstić information content (AvgIpc) is 2.62. The van der Waals surface area contributed by atoms with Gasteiger partial charge in [-0.1, -0.05) is 30.9 Å². The van der Waals surface area contributed by atoms with E-state index in [4.69, 9.17) is 11.6 Å². The van der Waals surface area contributed by atoms with Gasteiger partial charge in [0.2, 0.25) is 5.91 Å². The molecule has 1 aromatic rings. The number of amides is 3. The van der Waals surface area contributed by atoms with Crippen LogP contribution in [-0.4, -0.2) is 53.2 Å². The summed E-state index contributed by atoms with van der Waals surface area (Å²) >= 11 is 5.81. The van der Waals surface area contributed by atoms with E-state index in [2.05, 4.69) is 5.32 Å². The van der Waals surface area contributed by atoms with Gasteiger partial charge in [0, 0.05) is 29.8 Å². The van der Waals surface area contributed by atoms with E-state index in [-0.39, 0.29) is 18.5 Å². The summed E-state index contributed by atoms with van der Waals surface area (Å²) in [5.74, 6) is -1.38. The molecule has 0 aromatic heterocycles. The number of hydrogen-bond acceptors (Lipinski definition) is 3. The SMILES string of the molecule is O=C(CN1CCN(C2CCCCC2)C(=O)C1=O)Nc1ccc(Cl)cc1. The summed E-state index contributed by atoms with van der Waals surface area (Å²) in [6.45, 7) is 0.782. The Labute approximate surface area is 152 Å². The summed E-state index contributed by atoms with van der Waals surface area (Å²) in [7, 11) is 0. The molecule has 0 atom stereocenters. The third kappa shape index (κ3) is 4.31. The topological polar surface area (TPSA) is 69.7 Å². The average molecular weight is 364 g/mol. The molecule has 3 rings (SSSR count). The predicted molar refractivity (Wildman–Crippen MR) is 95.2 cm³/mol. The first-order chi connectivity index (χ1) is 12.0. The lowest BCUT2D eigenvalue weighted by Gasteiger charge is -2.39. The number of benzene rings is 1. The molecule has 1 heterocycles. The van der Waals surface area contributed by atoms with Crippen LogP contribution in [0.25, 0.3) is 0 Å². The lowest BCUT2D eigenvalue weighted by Crippen LogP contribution is -2.58. The number of hydrogen-bond donors (Lipinski definition) is 1. The molecule has 134 valence electrons. The Bertz CT molecular complexity index is 656. The Hall–Kier alpha value is -2.08. The van der Waals surface area contributed by atoms with Crippen LogP contribution in [0.2, 0.25) is 5.02 Å². The maximum Gasteiger partial charge on any atom is 0.312 e. The van der Waals surface area contributed by atoms with E-state index < -0.39 is 11.8 Å². The zero-order valence-electron chi connectivity index (χ0n) is 14.0. The molecule has 0 radical (unpaired) electrons. The quantitative estimate of drug-likeness (QED) is 0.834. The van der Waals surface area contributed by atoms with Crippen molar-refractivity contribution >= 4 is 35.0 Å². The molecule has 1 N–H and O–H groups in total.